The van der Waals surface area contributed by atoms with Crippen molar-refractivity contribution < 1.29 is 18.3 Å². The summed E-state index contributed by atoms with van der Waals surface area (Å²) in [6.45, 7) is 11.4. The van der Waals surface area contributed by atoms with Gasteiger partial charge in [0.15, 0.2) is 0 Å². The predicted octanol–water partition coefficient (Wildman–Crippen LogP) is 4.50. The lowest BCUT2D eigenvalue weighted by atomic mass is 9.87. The molecule has 2 aromatic rings. The quantitative estimate of drug-likeness (QED) is 0.604. The first-order valence-electron chi connectivity index (χ1n) is 10.1. The molecule has 0 fully saturated rings. The number of nitrogens with zero attached hydrogens (tertiary/aromatic N) is 2. The lowest BCUT2D eigenvalue weighted by molar-refractivity contribution is 0.0697. The van der Waals surface area contributed by atoms with Gasteiger partial charge in [-0.1, -0.05) is 46.2 Å². The van der Waals surface area contributed by atoms with E-state index in [9.17, 15) is 18.3 Å². The summed E-state index contributed by atoms with van der Waals surface area (Å²) in [5, 5.41) is 9.64. The molecule has 0 bridgehead atoms. The topological polar surface area (TPSA) is 99.6 Å². The van der Waals surface area contributed by atoms with Crippen LogP contribution in [-0.2, 0) is 15.4 Å². The van der Waals surface area contributed by atoms with E-state index in [2.05, 4.69) is 37.4 Å². The average molecular weight is 434 g/mol. The van der Waals surface area contributed by atoms with Crippen molar-refractivity contribution in [2.45, 2.75) is 57.8 Å². The summed E-state index contributed by atoms with van der Waals surface area (Å²) >= 11 is 0. The molecule has 0 saturated carbocycles. The molecule has 0 aliphatic heterocycles. The fourth-order valence-corrected chi connectivity index (χ4v) is 4.07. The zero-order valence-electron chi connectivity index (χ0n) is 18.3. The lowest BCUT2D eigenvalue weighted by Crippen LogP contribution is -2.27. The maximum absolute atomic E-state index is 12.8. The fraction of sp³-hybridized carbons (Fsp3) is 0.455. The Morgan fingerprint density at radius 3 is 2.30 bits per heavy atom. The number of carbonyl (C=O) groups is 1. The number of nitrogens with one attached hydrogen (secondary N) is 1. The molecule has 2 N–H and O–H groups in total. The van der Waals surface area contributed by atoms with Crippen LogP contribution in [0.4, 0.5) is 11.5 Å². The van der Waals surface area contributed by atoms with Gasteiger partial charge < -0.3 is 10.0 Å². The number of aromatic nitrogens is 1. The van der Waals surface area contributed by atoms with Crippen LogP contribution in [-0.4, -0.2) is 37.6 Å². The Hall–Kier alpha value is -2.61. The summed E-state index contributed by atoms with van der Waals surface area (Å²) in [7, 11) is -3.87. The second-order valence-electron chi connectivity index (χ2n) is 8.21. The van der Waals surface area contributed by atoms with E-state index in [1.807, 2.05) is 11.8 Å². The van der Waals surface area contributed by atoms with Gasteiger partial charge in [0.05, 0.1) is 16.8 Å². The van der Waals surface area contributed by atoms with Crippen LogP contribution >= 0.6 is 0 Å². The number of anilines is 2. The molecule has 0 amide bonds. The Bertz CT molecular complexity index is 980. The summed E-state index contributed by atoms with van der Waals surface area (Å²) in [5.41, 5.74) is 1.01. The van der Waals surface area contributed by atoms with E-state index in [-0.39, 0.29) is 21.6 Å². The van der Waals surface area contributed by atoms with Crippen molar-refractivity contribution in [2.75, 3.05) is 22.7 Å². The molecule has 1 heterocycles. The minimum absolute atomic E-state index is 0.0313. The van der Waals surface area contributed by atoms with Gasteiger partial charge >= 0.3 is 5.97 Å². The van der Waals surface area contributed by atoms with Crippen molar-refractivity contribution in [3.8, 4) is 0 Å². The molecule has 1 aromatic heterocycles. The van der Waals surface area contributed by atoms with Gasteiger partial charge in [-0.15, -0.1) is 0 Å². The first kappa shape index (κ1) is 23.7. The third-order valence-electron chi connectivity index (χ3n) is 4.84. The zero-order chi connectivity index (χ0) is 22.5. The fourth-order valence-electron chi connectivity index (χ4n) is 3.03. The van der Waals surface area contributed by atoms with Crippen molar-refractivity contribution in [1.29, 1.82) is 0 Å². The van der Waals surface area contributed by atoms with E-state index in [0.717, 1.165) is 18.4 Å². The van der Waals surface area contributed by atoms with Gasteiger partial charge in [0.2, 0.25) is 0 Å². The summed E-state index contributed by atoms with van der Waals surface area (Å²) in [6.07, 6.45) is 3.25. The molecule has 30 heavy (non-hydrogen) atoms. The first-order chi connectivity index (χ1) is 14.0. The number of unbranched alkanes of at least 4 members (excludes halogenated alkanes) is 1. The summed E-state index contributed by atoms with van der Waals surface area (Å²) in [6, 6.07) is 7.98. The Morgan fingerprint density at radius 2 is 1.80 bits per heavy atom. The van der Waals surface area contributed by atoms with Gasteiger partial charge in [0.1, 0.15) is 11.4 Å². The Labute approximate surface area is 179 Å². The summed E-state index contributed by atoms with van der Waals surface area (Å²) in [4.78, 5) is 18.0. The molecular formula is C22H31N3O4S. The number of aromatic carboxylic acids is 1. The molecule has 1 aromatic carbocycles. The van der Waals surface area contributed by atoms with Crippen molar-refractivity contribution >= 4 is 27.5 Å². The van der Waals surface area contributed by atoms with E-state index in [0.29, 0.717) is 18.9 Å². The van der Waals surface area contributed by atoms with Gasteiger partial charge in [-0.25, -0.2) is 18.2 Å². The Kier molecular flexibility index (Phi) is 7.47. The first-order valence-corrected chi connectivity index (χ1v) is 11.6. The third kappa shape index (κ3) is 5.72. The molecule has 0 radical (unpaired) electrons. The van der Waals surface area contributed by atoms with Crippen LogP contribution in [0.15, 0.2) is 41.4 Å². The minimum atomic E-state index is -3.87. The van der Waals surface area contributed by atoms with Crippen LogP contribution in [0.2, 0.25) is 0 Å². The lowest BCUT2D eigenvalue weighted by Gasteiger charge is -2.23. The smallest absolute Gasteiger partial charge is 0.339 e. The zero-order valence-corrected chi connectivity index (χ0v) is 19.1. The number of hydrogen-bond acceptors (Lipinski definition) is 5. The van der Waals surface area contributed by atoms with E-state index >= 15 is 0 Å². The third-order valence-corrected chi connectivity index (χ3v) is 6.24. The number of hydrogen-bond donors (Lipinski definition) is 2. The Balaban J connectivity index is 2.33. The summed E-state index contributed by atoms with van der Waals surface area (Å²) in [5.74, 6) is -0.807. The SMILES string of the molecule is CCCCN(CC)c1ncc(NS(=O)(=O)c2ccc(C(C)(C)C)cc2)cc1C(=O)O. The molecular weight excluding hydrogens is 402 g/mol. The monoisotopic (exact) mass is 433 g/mol. The van der Waals surface area contributed by atoms with E-state index in [1.54, 1.807) is 24.3 Å². The van der Waals surface area contributed by atoms with Crippen LogP contribution in [0.25, 0.3) is 0 Å². The number of carboxylic acid groups (broad SMARTS) is 1. The Morgan fingerprint density at radius 1 is 1.17 bits per heavy atom. The molecule has 0 atom stereocenters. The molecule has 0 saturated heterocycles. The number of benzene rings is 1. The van der Waals surface area contributed by atoms with E-state index in [1.165, 1.54) is 12.3 Å². The van der Waals surface area contributed by atoms with Crippen molar-refractivity contribution in [1.82, 2.24) is 4.98 Å². The van der Waals surface area contributed by atoms with Crippen molar-refractivity contribution in [3.05, 3.63) is 47.7 Å². The van der Waals surface area contributed by atoms with Gasteiger partial charge in [-0.3, -0.25) is 4.72 Å². The molecule has 0 aliphatic rings. The van der Waals surface area contributed by atoms with Crippen molar-refractivity contribution in [2.24, 2.45) is 0 Å². The highest BCUT2D eigenvalue weighted by Crippen LogP contribution is 2.26. The maximum Gasteiger partial charge on any atom is 0.339 e. The highest BCUT2D eigenvalue weighted by atomic mass is 32.2. The predicted molar refractivity (Wildman–Crippen MR) is 120 cm³/mol. The summed E-state index contributed by atoms with van der Waals surface area (Å²) < 4.78 is 28.0. The van der Waals surface area contributed by atoms with Gasteiger partial charge in [0, 0.05) is 13.1 Å². The maximum atomic E-state index is 12.8. The number of rotatable bonds is 9. The highest BCUT2D eigenvalue weighted by Gasteiger charge is 2.21. The molecule has 164 valence electrons. The molecule has 2 rings (SSSR count). The number of carboxylic acids is 1. The molecule has 0 unspecified atom stereocenters. The van der Waals surface area contributed by atoms with Gasteiger partial charge in [-0.05, 0) is 42.5 Å². The largest absolute Gasteiger partial charge is 0.478 e. The van der Waals surface area contributed by atoms with Crippen LogP contribution in [0.3, 0.4) is 0 Å². The molecule has 8 heteroatoms. The molecule has 0 aliphatic carbocycles. The second kappa shape index (κ2) is 9.47. The molecule has 7 nitrogen and oxygen atoms in total. The second-order valence-corrected chi connectivity index (χ2v) is 9.90. The van der Waals surface area contributed by atoms with E-state index < -0.39 is 16.0 Å². The highest BCUT2D eigenvalue weighted by molar-refractivity contribution is 7.92. The standard InChI is InChI=1S/C22H31N3O4S/c1-6-8-13-25(7-2)20-19(21(26)27)14-17(15-23-20)24-30(28,29)18-11-9-16(10-12-18)22(3,4)5/h9-12,14-15,24H,6-8,13H2,1-5H3,(H,26,27). The number of pyridine rings is 1. The van der Waals surface area contributed by atoms with E-state index in [4.69, 9.17) is 0 Å². The van der Waals surface area contributed by atoms with Crippen LogP contribution in [0.5, 0.6) is 0 Å². The van der Waals surface area contributed by atoms with Crippen LogP contribution < -0.4 is 9.62 Å². The van der Waals surface area contributed by atoms with Crippen LogP contribution in [0, 0.1) is 0 Å². The number of sulfonamides is 1. The minimum Gasteiger partial charge on any atom is -0.478 e. The van der Waals surface area contributed by atoms with Gasteiger partial charge in [-0.2, -0.15) is 0 Å². The normalized spacial score (nSPS) is 11.9. The average Bonchev–Trinajstić information content (AvgIpc) is 2.68. The van der Waals surface area contributed by atoms with Gasteiger partial charge in [0.25, 0.3) is 10.0 Å². The van der Waals surface area contributed by atoms with Crippen molar-refractivity contribution in [3.63, 3.8) is 0 Å². The van der Waals surface area contributed by atoms with Crippen LogP contribution in [0.1, 0.15) is 63.4 Å². The molecule has 0 spiro atoms.